The van der Waals surface area contributed by atoms with Crippen LogP contribution in [0.4, 0.5) is 0 Å². The molecule has 1 saturated heterocycles. The van der Waals surface area contributed by atoms with E-state index in [2.05, 4.69) is 5.32 Å². The Balaban J connectivity index is 1.71. The van der Waals surface area contributed by atoms with Crippen molar-refractivity contribution in [1.82, 2.24) is 10.2 Å². The monoisotopic (exact) mass is 384 g/mol. The molecule has 0 radical (unpaired) electrons. The first-order valence-corrected chi connectivity index (χ1v) is 9.77. The van der Waals surface area contributed by atoms with Crippen molar-refractivity contribution < 1.29 is 9.59 Å². The summed E-state index contributed by atoms with van der Waals surface area (Å²) in [7, 11) is 0. The van der Waals surface area contributed by atoms with E-state index >= 15 is 0 Å². The molecule has 0 aliphatic carbocycles. The van der Waals surface area contributed by atoms with Crippen molar-refractivity contribution in [2.45, 2.75) is 44.7 Å². The van der Waals surface area contributed by atoms with Gasteiger partial charge in [0.05, 0.1) is 12.5 Å². The summed E-state index contributed by atoms with van der Waals surface area (Å²) in [6.45, 7) is 2.24. The van der Waals surface area contributed by atoms with Gasteiger partial charge < -0.3 is 10.2 Å². The molecule has 1 heterocycles. The highest BCUT2D eigenvalue weighted by Crippen LogP contribution is 2.27. The van der Waals surface area contributed by atoms with Gasteiger partial charge in [-0.25, -0.2) is 0 Å². The number of nitrogens with one attached hydrogen (secondary N) is 1. The highest BCUT2D eigenvalue weighted by molar-refractivity contribution is 6.31. The zero-order chi connectivity index (χ0) is 19.2. The van der Waals surface area contributed by atoms with Crippen molar-refractivity contribution >= 4 is 23.4 Å². The number of likely N-dealkylation sites (tertiary alicyclic amines) is 1. The van der Waals surface area contributed by atoms with Gasteiger partial charge in [-0.15, -0.1) is 0 Å². The maximum Gasteiger partial charge on any atom is 0.225 e. The van der Waals surface area contributed by atoms with E-state index in [1.54, 1.807) is 0 Å². The van der Waals surface area contributed by atoms with Crippen LogP contribution in [0.5, 0.6) is 0 Å². The molecule has 142 valence electrons. The molecule has 5 heteroatoms. The summed E-state index contributed by atoms with van der Waals surface area (Å²) in [4.78, 5) is 26.6. The van der Waals surface area contributed by atoms with Gasteiger partial charge in [-0.05, 0) is 36.5 Å². The fourth-order valence-electron chi connectivity index (χ4n) is 3.77. The first-order valence-electron chi connectivity index (χ1n) is 9.39. The van der Waals surface area contributed by atoms with Gasteiger partial charge in [-0.2, -0.15) is 0 Å². The summed E-state index contributed by atoms with van der Waals surface area (Å²) in [6, 6.07) is 17.3. The molecule has 27 heavy (non-hydrogen) atoms. The van der Waals surface area contributed by atoms with Crippen LogP contribution in [0.25, 0.3) is 0 Å². The summed E-state index contributed by atoms with van der Waals surface area (Å²) in [5.41, 5.74) is 2.02. The highest BCUT2D eigenvalue weighted by atomic mass is 35.5. The predicted octanol–water partition coefficient (Wildman–Crippen LogP) is 4.14. The Morgan fingerprint density at radius 1 is 1.15 bits per heavy atom. The molecule has 0 spiro atoms. The minimum absolute atomic E-state index is 0.0761. The first-order chi connectivity index (χ1) is 13.0. The number of amides is 2. The average molecular weight is 385 g/mol. The van der Waals surface area contributed by atoms with Gasteiger partial charge in [0.25, 0.3) is 0 Å². The van der Waals surface area contributed by atoms with Gasteiger partial charge in [0.15, 0.2) is 0 Å². The van der Waals surface area contributed by atoms with Gasteiger partial charge in [-0.1, -0.05) is 60.1 Å². The average Bonchev–Trinajstić information content (AvgIpc) is 3.12. The van der Waals surface area contributed by atoms with Crippen LogP contribution in [-0.2, 0) is 16.0 Å². The zero-order valence-corrected chi connectivity index (χ0v) is 16.3. The first kappa shape index (κ1) is 19.4. The summed E-state index contributed by atoms with van der Waals surface area (Å²) in [5, 5.41) is 3.66. The molecule has 2 atom stereocenters. The minimum atomic E-state index is -0.308. The lowest BCUT2D eigenvalue weighted by Crippen LogP contribution is -2.39. The van der Waals surface area contributed by atoms with Gasteiger partial charge in [-0.3, -0.25) is 9.59 Å². The highest BCUT2D eigenvalue weighted by Gasteiger charge is 2.31. The molecule has 1 aliphatic heterocycles. The molecule has 2 aromatic carbocycles. The second-order valence-electron chi connectivity index (χ2n) is 7.05. The Kier molecular flexibility index (Phi) is 6.51. The Morgan fingerprint density at radius 2 is 1.85 bits per heavy atom. The van der Waals surface area contributed by atoms with Crippen molar-refractivity contribution in [2.75, 3.05) is 6.54 Å². The lowest BCUT2D eigenvalue weighted by Gasteiger charge is -2.27. The molecule has 1 aliphatic rings. The lowest BCUT2D eigenvalue weighted by molar-refractivity contribution is -0.132. The number of nitrogens with zero attached hydrogens (tertiary/aromatic N) is 1. The number of hydrogen-bond acceptors (Lipinski definition) is 2. The van der Waals surface area contributed by atoms with Crippen molar-refractivity contribution in [1.29, 1.82) is 0 Å². The zero-order valence-electron chi connectivity index (χ0n) is 15.5. The Morgan fingerprint density at radius 3 is 2.56 bits per heavy atom. The number of carbonyl (C=O) groups excluding carboxylic acids is 2. The van der Waals surface area contributed by atoms with Crippen LogP contribution in [0.15, 0.2) is 54.6 Å². The normalized spacial score (nSPS) is 17.6. The Bertz CT molecular complexity index is 794. The third-order valence-corrected chi connectivity index (χ3v) is 5.44. The summed E-state index contributed by atoms with van der Waals surface area (Å²) >= 11 is 6.30. The van der Waals surface area contributed by atoms with E-state index in [-0.39, 0.29) is 30.3 Å². The molecule has 0 saturated carbocycles. The molecule has 2 amide bonds. The molecule has 0 aromatic heterocycles. The van der Waals surface area contributed by atoms with E-state index in [1.165, 1.54) is 6.92 Å². The van der Waals surface area contributed by atoms with Gasteiger partial charge in [0.2, 0.25) is 11.8 Å². The lowest BCUT2D eigenvalue weighted by atomic mass is 10.0. The van der Waals surface area contributed by atoms with Crippen molar-refractivity contribution in [2.24, 2.45) is 0 Å². The summed E-state index contributed by atoms with van der Waals surface area (Å²) in [6.07, 6.45) is 3.01. The van der Waals surface area contributed by atoms with Crippen LogP contribution in [0.2, 0.25) is 5.02 Å². The minimum Gasteiger partial charge on any atom is -0.349 e. The molecule has 0 bridgehead atoms. The van der Waals surface area contributed by atoms with Crippen molar-refractivity contribution in [3.05, 3.63) is 70.7 Å². The number of halogens is 1. The van der Waals surface area contributed by atoms with Crippen LogP contribution in [-0.4, -0.2) is 29.3 Å². The second kappa shape index (κ2) is 9.05. The van der Waals surface area contributed by atoms with Crippen LogP contribution < -0.4 is 5.32 Å². The fourth-order valence-corrected chi connectivity index (χ4v) is 3.98. The predicted molar refractivity (Wildman–Crippen MR) is 108 cm³/mol. The standard InChI is InChI=1S/C22H25ClN2O2/c1-16(26)24-21(17-8-3-2-4-9-17)15-22(27)25-13-7-11-19(25)14-18-10-5-6-12-20(18)23/h2-6,8-10,12,19,21H,7,11,13-15H2,1H3,(H,24,26). The van der Waals surface area contributed by atoms with Crippen LogP contribution in [0, 0.1) is 0 Å². The quantitative estimate of drug-likeness (QED) is 0.813. The van der Waals surface area contributed by atoms with Crippen LogP contribution in [0.1, 0.15) is 43.4 Å². The molecule has 2 unspecified atom stereocenters. The Hall–Kier alpha value is -2.33. The van der Waals surface area contributed by atoms with E-state index in [9.17, 15) is 9.59 Å². The van der Waals surface area contributed by atoms with Gasteiger partial charge in [0, 0.05) is 24.5 Å². The smallest absolute Gasteiger partial charge is 0.225 e. The molecule has 1 N–H and O–H groups in total. The topological polar surface area (TPSA) is 49.4 Å². The summed E-state index contributed by atoms with van der Waals surface area (Å²) < 4.78 is 0. The second-order valence-corrected chi connectivity index (χ2v) is 7.45. The van der Waals surface area contributed by atoms with E-state index in [0.29, 0.717) is 0 Å². The number of carbonyl (C=O) groups is 2. The molecule has 1 fully saturated rings. The van der Waals surface area contributed by atoms with Gasteiger partial charge >= 0.3 is 0 Å². The number of rotatable bonds is 6. The molecule has 4 nitrogen and oxygen atoms in total. The number of benzene rings is 2. The third-order valence-electron chi connectivity index (χ3n) is 5.07. The van der Waals surface area contributed by atoms with E-state index in [4.69, 9.17) is 11.6 Å². The fraction of sp³-hybridized carbons (Fsp3) is 0.364. The number of hydrogen-bond donors (Lipinski definition) is 1. The molecule has 3 rings (SSSR count). The van der Waals surface area contributed by atoms with Crippen molar-refractivity contribution in [3.63, 3.8) is 0 Å². The molecular formula is C22H25ClN2O2. The Labute approximate surface area is 165 Å². The molecular weight excluding hydrogens is 360 g/mol. The maximum absolute atomic E-state index is 13.0. The maximum atomic E-state index is 13.0. The van der Waals surface area contributed by atoms with Crippen LogP contribution >= 0.6 is 11.6 Å². The SMILES string of the molecule is CC(=O)NC(CC(=O)N1CCCC1Cc1ccccc1Cl)c1ccccc1. The summed E-state index contributed by atoms with van der Waals surface area (Å²) in [5.74, 6) is -0.0575. The third kappa shape index (κ3) is 5.10. The molecule has 2 aromatic rings. The van der Waals surface area contributed by atoms with E-state index in [0.717, 1.165) is 42.0 Å². The van der Waals surface area contributed by atoms with Crippen molar-refractivity contribution in [3.8, 4) is 0 Å². The van der Waals surface area contributed by atoms with Crippen LogP contribution in [0.3, 0.4) is 0 Å². The van der Waals surface area contributed by atoms with E-state index < -0.39 is 0 Å². The largest absolute Gasteiger partial charge is 0.349 e. The van der Waals surface area contributed by atoms with E-state index in [1.807, 2.05) is 59.5 Å². The van der Waals surface area contributed by atoms with Gasteiger partial charge in [0.1, 0.15) is 0 Å².